The van der Waals surface area contributed by atoms with Crippen LogP contribution in [0.25, 0.3) is 11.1 Å². The van der Waals surface area contributed by atoms with Crippen LogP contribution in [0.5, 0.6) is 11.5 Å². The van der Waals surface area contributed by atoms with E-state index in [2.05, 4.69) is 22.6 Å². The molecule has 0 radical (unpaired) electrons. The number of hydrogen-bond acceptors (Lipinski definition) is 8. The molecule has 1 heterocycles. The Hall–Kier alpha value is -5.49. The summed E-state index contributed by atoms with van der Waals surface area (Å²) < 4.78 is 37.9. The lowest BCUT2D eigenvalue weighted by Crippen LogP contribution is -2.32. The normalized spacial score (nSPS) is 15.4. The monoisotopic (exact) mass is 818 g/mol. The molecule has 1 fully saturated rings. The third-order valence-electron chi connectivity index (χ3n) is 8.46. The third-order valence-corrected chi connectivity index (χ3v) is 9.64. The van der Waals surface area contributed by atoms with Gasteiger partial charge < -0.3 is 28.4 Å². The predicted molar refractivity (Wildman–Crippen MR) is 207 cm³/mol. The van der Waals surface area contributed by atoms with Crippen LogP contribution in [0.15, 0.2) is 158 Å². The second-order valence-corrected chi connectivity index (χ2v) is 13.2. The lowest BCUT2D eigenvalue weighted by atomic mass is 9.95. The van der Waals surface area contributed by atoms with E-state index in [4.69, 9.17) is 28.4 Å². The topological polar surface area (TPSA) is 89.5 Å². The molecule has 0 amide bonds. The highest BCUT2D eigenvalue weighted by Gasteiger charge is 2.43. The summed E-state index contributed by atoms with van der Waals surface area (Å²) in [6, 6.07) is 48.7. The van der Waals surface area contributed by atoms with Crippen LogP contribution in [-0.2, 0) is 38.6 Å². The van der Waals surface area contributed by atoms with E-state index in [-0.39, 0.29) is 6.42 Å². The van der Waals surface area contributed by atoms with Gasteiger partial charge in [0.25, 0.3) is 12.6 Å². The molecule has 1 aliphatic rings. The van der Waals surface area contributed by atoms with E-state index in [1.807, 2.05) is 97.1 Å². The Balaban J connectivity index is 1.24. The summed E-state index contributed by atoms with van der Waals surface area (Å²) in [7, 11) is 0. The minimum Gasteiger partial charge on any atom is -0.488 e. The Morgan fingerprint density at radius 2 is 0.962 bits per heavy atom. The van der Waals surface area contributed by atoms with Gasteiger partial charge in [0.05, 0.1) is 14.7 Å². The van der Waals surface area contributed by atoms with E-state index in [1.54, 1.807) is 60.7 Å². The third kappa shape index (κ3) is 9.12. The van der Waals surface area contributed by atoms with Crippen molar-refractivity contribution in [3.05, 3.63) is 189 Å². The maximum Gasteiger partial charge on any atom is 0.340 e. The van der Waals surface area contributed by atoms with E-state index in [0.717, 1.165) is 31.4 Å². The van der Waals surface area contributed by atoms with Gasteiger partial charge in [0, 0.05) is 18.1 Å². The van der Waals surface area contributed by atoms with Crippen molar-refractivity contribution in [1.29, 1.82) is 0 Å². The number of carbonyl (C=O) groups is 2. The van der Waals surface area contributed by atoms with Crippen molar-refractivity contribution in [2.24, 2.45) is 0 Å². The number of halogens is 1. The van der Waals surface area contributed by atoms with Crippen molar-refractivity contribution in [3.63, 3.8) is 0 Å². The highest BCUT2D eigenvalue weighted by molar-refractivity contribution is 14.1. The van der Waals surface area contributed by atoms with Gasteiger partial charge in [-0.25, -0.2) is 9.59 Å². The molecule has 1 saturated heterocycles. The Kier molecular flexibility index (Phi) is 11.8. The molecule has 2 atom stereocenters. The molecule has 0 bridgehead atoms. The zero-order valence-corrected chi connectivity index (χ0v) is 30.7. The molecule has 7 rings (SSSR count). The number of esters is 2. The lowest BCUT2D eigenvalue weighted by Gasteiger charge is -2.22. The first-order valence-corrected chi connectivity index (χ1v) is 18.2. The summed E-state index contributed by atoms with van der Waals surface area (Å²) in [5.74, 6) is -0.0684. The van der Waals surface area contributed by atoms with E-state index in [0.29, 0.717) is 35.8 Å². The van der Waals surface area contributed by atoms with Gasteiger partial charge in [0.2, 0.25) is 0 Å². The molecule has 53 heavy (non-hydrogen) atoms. The fraction of sp³-hybridized carbons (Fsp3) is 0.136. The Morgan fingerprint density at radius 3 is 1.43 bits per heavy atom. The van der Waals surface area contributed by atoms with Crippen molar-refractivity contribution in [1.82, 2.24) is 0 Å². The van der Waals surface area contributed by atoms with Crippen LogP contribution in [0, 0.1) is 3.57 Å². The summed E-state index contributed by atoms with van der Waals surface area (Å²) in [6.45, 7) is 0.662. The first-order valence-electron chi connectivity index (χ1n) is 17.1. The molecule has 0 aliphatic carbocycles. The van der Waals surface area contributed by atoms with Crippen LogP contribution in [0.4, 0.5) is 0 Å². The van der Waals surface area contributed by atoms with E-state index < -0.39 is 30.8 Å². The molecule has 8 nitrogen and oxygen atoms in total. The molecular formula is C44H35IO8. The maximum absolute atomic E-state index is 13.2. The Morgan fingerprint density at radius 1 is 0.547 bits per heavy atom. The molecule has 0 unspecified atom stereocenters. The van der Waals surface area contributed by atoms with E-state index in [9.17, 15) is 9.59 Å². The van der Waals surface area contributed by atoms with Crippen molar-refractivity contribution in [3.8, 4) is 22.6 Å². The number of carbonyl (C=O) groups excluding carboxylic acids is 2. The first-order chi connectivity index (χ1) is 26.0. The van der Waals surface area contributed by atoms with Crippen LogP contribution in [0.1, 0.15) is 37.4 Å². The minimum atomic E-state index is -1.34. The summed E-state index contributed by atoms with van der Waals surface area (Å²) in [5, 5.41) is 0. The average molecular weight is 819 g/mol. The molecule has 0 saturated carbocycles. The summed E-state index contributed by atoms with van der Waals surface area (Å²) in [5.41, 5.74) is 5.21. The zero-order valence-electron chi connectivity index (χ0n) is 28.5. The van der Waals surface area contributed by atoms with Crippen molar-refractivity contribution >= 4 is 34.5 Å². The molecule has 0 spiro atoms. The van der Waals surface area contributed by atoms with Gasteiger partial charge in [-0.05, 0) is 69.1 Å². The molecule has 0 aromatic heterocycles. The Bertz CT molecular complexity index is 2050. The second-order valence-electron chi connectivity index (χ2n) is 12.1. The van der Waals surface area contributed by atoms with Crippen LogP contribution in [0.3, 0.4) is 0 Å². The molecule has 266 valence electrons. The van der Waals surface area contributed by atoms with Gasteiger partial charge in [-0.2, -0.15) is 0 Å². The van der Waals surface area contributed by atoms with Crippen molar-refractivity contribution in [2.75, 3.05) is 0 Å². The molecule has 6 aromatic rings. The summed E-state index contributed by atoms with van der Waals surface area (Å²) in [6.07, 6.45) is -3.50. The van der Waals surface area contributed by atoms with Crippen LogP contribution < -0.4 is 9.47 Å². The fourth-order valence-electron chi connectivity index (χ4n) is 5.85. The maximum atomic E-state index is 13.2. The number of benzene rings is 6. The standard InChI is InChI=1S/C44H35IO8/c45-40-35(26-38-50-43(52-41(46)33-22-12-4-13-23-33)44(51-38)53-42(47)34-24-14-5-15-25-34)39(32-20-10-3-11-21-32)36(48-28-30-16-6-1-7-17-30)27-37(40)49-29-31-18-8-2-9-19-31/h1-25,27,38,43-44H,26,28-29H2/t43-,44-/m1/s1. The molecule has 0 N–H and O–H groups in total. The van der Waals surface area contributed by atoms with Gasteiger partial charge in [-0.15, -0.1) is 0 Å². The molecular weight excluding hydrogens is 783 g/mol. The van der Waals surface area contributed by atoms with E-state index in [1.165, 1.54) is 0 Å². The fourth-order valence-corrected chi connectivity index (χ4v) is 6.65. The van der Waals surface area contributed by atoms with Crippen LogP contribution >= 0.6 is 22.6 Å². The minimum absolute atomic E-state index is 0.172. The zero-order chi connectivity index (χ0) is 36.4. The first kappa shape index (κ1) is 35.9. The van der Waals surface area contributed by atoms with Crippen LogP contribution in [-0.4, -0.2) is 30.8 Å². The SMILES string of the molecule is O=C(O[C@H]1OC(Cc2c(I)c(OCc3ccccc3)cc(OCc3ccccc3)c2-c2ccccc2)O[C@@H]1OC(=O)c1ccccc1)c1ccccc1. The summed E-state index contributed by atoms with van der Waals surface area (Å²) >= 11 is 2.28. The second kappa shape index (κ2) is 17.4. The smallest absolute Gasteiger partial charge is 0.340 e. The van der Waals surface area contributed by atoms with Gasteiger partial charge >= 0.3 is 11.9 Å². The molecule has 9 heteroatoms. The lowest BCUT2D eigenvalue weighted by molar-refractivity contribution is -0.144. The van der Waals surface area contributed by atoms with Gasteiger partial charge in [0.15, 0.2) is 6.29 Å². The number of rotatable bonds is 13. The highest BCUT2D eigenvalue weighted by atomic mass is 127. The Labute approximate surface area is 321 Å². The van der Waals surface area contributed by atoms with E-state index >= 15 is 0 Å². The van der Waals surface area contributed by atoms with Crippen molar-refractivity contribution < 1.29 is 38.0 Å². The number of hydrogen-bond donors (Lipinski definition) is 0. The van der Waals surface area contributed by atoms with Gasteiger partial charge in [-0.3, -0.25) is 0 Å². The van der Waals surface area contributed by atoms with Gasteiger partial charge in [0.1, 0.15) is 24.7 Å². The average Bonchev–Trinajstić information content (AvgIpc) is 3.58. The highest BCUT2D eigenvalue weighted by Crippen LogP contribution is 2.43. The van der Waals surface area contributed by atoms with Crippen LogP contribution in [0.2, 0.25) is 0 Å². The summed E-state index contributed by atoms with van der Waals surface area (Å²) in [4.78, 5) is 26.4. The largest absolute Gasteiger partial charge is 0.488 e. The molecule has 6 aromatic carbocycles. The predicted octanol–water partition coefficient (Wildman–Crippen LogP) is 9.40. The molecule has 1 aliphatic heterocycles. The van der Waals surface area contributed by atoms with Crippen molar-refractivity contribution in [2.45, 2.75) is 38.5 Å². The number of ether oxygens (including phenoxy) is 6. The van der Waals surface area contributed by atoms with Gasteiger partial charge in [-0.1, -0.05) is 127 Å². The quantitative estimate of drug-likeness (QED) is 0.0842.